The third-order valence-corrected chi connectivity index (χ3v) is 3.24. The molecule has 94 valence electrons. The molecule has 0 heterocycles. The molecule has 0 aliphatic heterocycles. The zero-order valence-corrected chi connectivity index (χ0v) is 10.8. The number of rotatable bonds is 3. The molecule has 0 nitrogen and oxygen atoms in total. The molecule has 0 fully saturated rings. The first-order valence-electron chi connectivity index (χ1n) is 5.76. The van der Waals surface area contributed by atoms with Gasteiger partial charge in [0, 0.05) is 0 Å². The number of benzene rings is 2. The first kappa shape index (κ1) is 13.0. The molecule has 2 aromatic rings. The van der Waals surface area contributed by atoms with E-state index in [0.29, 0.717) is 24.0 Å². The van der Waals surface area contributed by atoms with E-state index in [0.717, 1.165) is 5.56 Å². The highest BCUT2D eigenvalue weighted by atomic mass is 35.5. The summed E-state index contributed by atoms with van der Waals surface area (Å²) in [6, 6.07) is 10.0. The van der Waals surface area contributed by atoms with Crippen LogP contribution in [-0.2, 0) is 12.8 Å². The van der Waals surface area contributed by atoms with E-state index >= 15 is 0 Å². The Balaban J connectivity index is 2.11. The smallest absolute Gasteiger partial charge is 0.144 e. The van der Waals surface area contributed by atoms with Crippen molar-refractivity contribution in [3.05, 3.63) is 69.7 Å². The molecule has 18 heavy (non-hydrogen) atoms. The lowest BCUT2D eigenvalue weighted by Gasteiger charge is -2.06. The van der Waals surface area contributed by atoms with Crippen LogP contribution in [0.25, 0.3) is 0 Å². The van der Waals surface area contributed by atoms with Gasteiger partial charge in [0.1, 0.15) is 11.6 Å². The van der Waals surface area contributed by atoms with Crippen LogP contribution in [0.5, 0.6) is 0 Å². The number of hydrogen-bond acceptors (Lipinski definition) is 0. The van der Waals surface area contributed by atoms with Gasteiger partial charge in [0.2, 0.25) is 0 Å². The van der Waals surface area contributed by atoms with Gasteiger partial charge in [-0.05, 0) is 48.6 Å². The zero-order chi connectivity index (χ0) is 13.1. The molecule has 0 bridgehead atoms. The predicted octanol–water partition coefficient (Wildman–Crippen LogP) is 4.71. The molecular formula is C15H13ClF2. The van der Waals surface area contributed by atoms with Crippen molar-refractivity contribution < 1.29 is 8.78 Å². The van der Waals surface area contributed by atoms with Crippen molar-refractivity contribution in [1.82, 2.24) is 0 Å². The summed E-state index contributed by atoms with van der Waals surface area (Å²) in [5, 5.41) is 0.127. The van der Waals surface area contributed by atoms with Crippen LogP contribution in [0.2, 0.25) is 5.02 Å². The zero-order valence-electron chi connectivity index (χ0n) is 10.0. The average molecular weight is 267 g/mol. The summed E-state index contributed by atoms with van der Waals surface area (Å²) < 4.78 is 27.0. The van der Waals surface area contributed by atoms with Crippen LogP contribution in [0.4, 0.5) is 8.78 Å². The van der Waals surface area contributed by atoms with Gasteiger partial charge >= 0.3 is 0 Å². The lowest BCUT2D eigenvalue weighted by molar-refractivity contribution is 0.606. The Morgan fingerprint density at radius 2 is 1.83 bits per heavy atom. The number of halogens is 3. The van der Waals surface area contributed by atoms with Crippen molar-refractivity contribution >= 4 is 11.6 Å². The average Bonchev–Trinajstić information content (AvgIpc) is 2.35. The molecule has 0 radical (unpaired) electrons. The Hall–Kier alpha value is -1.41. The molecule has 0 amide bonds. The molecule has 0 aliphatic carbocycles. The highest BCUT2D eigenvalue weighted by molar-refractivity contribution is 6.30. The first-order valence-corrected chi connectivity index (χ1v) is 6.13. The van der Waals surface area contributed by atoms with Gasteiger partial charge in [0.15, 0.2) is 0 Å². The third-order valence-electron chi connectivity index (χ3n) is 2.95. The molecule has 0 unspecified atom stereocenters. The van der Waals surface area contributed by atoms with Gasteiger partial charge in [0.05, 0.1) is 5.02 Å². The van der Waals surface area contributed by atoms with E-state index in [2.05, 4.69) is 0 Å². The monoisotopic (exact) mass is 266 g/mol. The van der Waals surface area contributed by atoms with Crippen molar-refractivity contribution in [2.45, 2.75) is 19.8 Å². The van der Waals surface area contributed by atoms with Crippen LogP contribution in [0, 0.1) is 18.6 Å². The minimum absolute atomic E-state index is 0.127. The Morgan fingerprint density at radius 1 is 1.06 bits per heavy atom. The van der Waals surface area contributed by atoms with Crippen LogP contribution in [0.15, 0.2) is 36.4 Å². The third kappa shape index (κ3) is 2.88. The van der Waals surface area contributed by atoms with Gasteiger partial charge in [-0.25, -0.2) is 8.78 Å². The largest absolute Gasteiger partial charge is 0.207 e. The number of hydrogen-bond donors (Lipinski definition) is 0. The molecule has 2 aromatic carbocycles. The van der Waals surface area contributed by atoms with Gasteiger partial charge in [0.25, 0.3) is 0 Å². The van der Waals surface area contributed by atoms with Crippen LogP contribution in [0.3, 0.4) is 0 Å². The van der Waals surface area contributed by atoms with E-state index in [1.807, 2.05) is 6.07 Å². The fourth-order valence-corrected chi connectivity index (χ4v) is 2.01. The lowest BCUT2D eigenvalue weighted by Crippen LogP contribution is -1.96. The van der Waals surface area contributed by atoms with Gasteiger partial charge < -0.3 is 0 Å². The fourth-order valence-electron chi connectivity index (χ4n) is 1.81. The van der Waals surface area contributed by atoms with Gasteiger partial charge in [-0.1, -0.05) is 35.9 Å². The molecule has 0 aromatic heterocycles. The van der Waals surface area contributed by atoms with E-state index in [1.54, 1.807) is 25.1 Å². The Kier molecular flexibility index (Phi) is 3.97. The summed E-state index contributed by atoms with van der Waals surface area (Å²) in [5.74, 6) is -0.606. The Bertz CT molecular complexity index is 564. The summed E-state index contributed by atoms with van der Waals surface area (Å²) in [4.78, 5) is 0. The second-order valence-electron chi connectivity index (χ2n) is 4.30. The van der Waals surface area contributed by atoms with E-state index in [1.165, 1.54) is 12.1 Å². The highest BCUT2D eigenvalue weighted by Crippen LogP contribution is 2.20. The van der Waals surface area contributed by atoms with E-state index in [4.69, 9.17) is 11.6 Å². The van der Waals surface area contributed by atoms with Crippen LogP contribution < -0.4 is 0 Å². The summed E-state index contributed by atoms with van der Waals surface area (Å²) in [6.07, 6.45) is 1.10. The van der Waals surface area contributed by atoms with Crippen molar-refractivity contribution in [3.8, 4) is 0 Å². The maximum absolute atomic E-state index is 13.6. The van der Waals surface area contributed by atoms with Crippen LogP contribution in [-0.4, -0.2) is 0 Å². The Labute approximate surface area is 110 Å². The topological polar surface area (TPSA) is 0 Å². The first-order chi connectivity index (χ1) is 8.58. The van der Waals surface area contributed by atoms with Crippen molar-refractivity contribution in [2.75, 3.05) is 0 Å². The van der Waals surface area contributed by atoms with Crippen LogP contribution >= 0.6 is 11.6 Å². The summed E-state index contributed by atoms with van der Waals surface area (Å²) >= 11 is 5.71. The molecule has 3 heteroatoms. The van der Waals surface area contributed by atoms with Gasteiger partial charge in [-0.15, -0.1) is 0 Å². The highest BCUT2D eigenvalue weighted by Gasteiger charge is 2.07. The molecule has 0 saturated heterocycles. The summed E-state index contributed by atoms with van der Waals surface area (Å²) in [6.45, 7) is 1.72. The standard InChI is InChI=1S/C15H13ClF2/c1-10-5-6-11(9-14(10)17)7-8-12-3-2-4-13(16)15(12)18/h2-6,9H,7-8H2,1H3. The van der Waals surface area contributed by atoms with Crippen molar-refractivity contribution in [1.29, 1.82) is 0 Å². The molecule has 0 spiro atoms. The molecule has 0 aliphatic rings. The van der Waals surface area contributed by atoms with E-state index in [9.17, 15) is 8.78 Å². The maximum Gasteiger partial charge on any atom is 0.144 e. The van der Waals surface area contributed by atoms with Crippen molar-refractivity contribution in [3.63, 3.8) is 0 Å². The molecule has 2 rings (SSSR count). The van der Waals surface area contributed by atoms with Gasteiger partial charge in [-0.3, -0.25) is 0 Å². The molecule has 0 saturated carbocycles. The SMILES string of the molecule is Cc1ccc(CCc2cccc(Cl)c2F)cc1F. The summed E-state index contributed by atoms with van der Waals surface area (Å²) in [5.41, 5.74) is 2.04. The second kappa shape index (κ2) is 5.49. The van der Waals surface area contributed by atoms with Gasteiger partial charge in [-0.2, -0.15) is 0 Å². The molecular weight excluding hydrogens is 254 g/mol. The second-order valence-corrected chi connectivity index (χ2v) is 4.70. The normalized spacial score (nSPS) is 10.7. The Morgan fingerprint density at radius 3 is 2.56 bits per heavy atom. The minimum atomic E-state index is -0.383. The predicted molar refractivity (Wildman–Crippen MR) is 70.0 cm³/mol. The maximum atomic E-state index is 13.6. The fraction of sp³-hybridized carbons (Fsp3) is 0.200. The lowest BCUT2D eigenvalue weighted by atomic mass is 10.0. The summed E-state index contributed by atoms with van der Waals surface area (Å²) in [7, 11) is 0. The van der Waals surface area contributed by atoms with E-state index in [-0.39, 0.29) is 16.7 Å². The van der Waals surface area contributed by atoms with Crippen molar-refractivity contribution in [2.24, 2.45) is 0 Å². The minimum Gasteiger partial charge on any atom is -0.207 e. The van der Waals surface area contributed by atoms with E-state index < -0.39 is 0 Å². The molecule has 0 N–H and O–H groups in total. The molecule has 0 atom stereocenters. The van der Waals surface area contributed by atoms with Crippen LogP contribution in [0.1, 0.15) is 16.7 Å². The number of aryl methyl sites for hydroxylation is 3. The quantitative estimate of drug-likeness (QED) is 0.755.